The molecule has 0 radical (unpaired) electrons. The van der Waals surface area contributed by atoms with Crippen LogP contribution in [0.5, 0.6) is 0 Å². The van der Waals surface area contributed by atoms with E-state index in [4.69, 9.17) is 0 Å². The number of hydrogen-bond acceptors (Lipinski definition) is 2. The van der Waals surface area contributed by atoms with E-state index in [1.165, 1.54) is 56.2 Å². The molecule has 1 heterocycles. The molecule has 3 atom stereocenters. The van der Waals surface area contributed by atoms with Crippen molar-refractivity contribution in [2.45, 2.75) is 57.9 Å². The summed E-state index contributed by atoms with van der Waals surface area (Å²) in [5.41, 5.74) is 2.39. The zero-order chi connectivity index (χ0) is 13.2. The molecular weight excluding hydrogens is 300 g/mol. The topological polar surface area (TPSA) is 24.9 Å². The van der Waals surface area contributed by atoms with Crippen molar-refractivity contribution in [3.63, 3.8) is 0 Å². The van der Waals surface area contributed by atoms with Crippen molar-refractivity contribution in [2.24, 2.45) is 11.8 Å². The predicted octanol–water partition coefficient (Wildman–Crippen LogP) is 4.92. The predicted molar refractivity (Wildman–Crippen MR) is 83.4 cm³/mol. The first-order valence-corrected chi connectivity index (χ1v) is 8.40. The largest absolute Gasteiger partial charge is 0.381 e. The molecule has 2 fully saturated rings. The average Bonchev–Trinajstić information content (AvgIpc) is 2.43. The van der Waals surface area contributed by atoms with Crippen LogP contribution in [0, 0.1) is 18.8 Å². The number of nitrogens with one attached hydrogen (secondary N) is 1. The molecule has 3 unspecified atom stereocenters. The Balaban J connectivity index is 1.62. The number of nitrogens with zero attached hydrogens (tertiary/aromatic N) is 1. The molecule has 2 saturated carbocycles. The zero-order valence-corrected chi connectivity index (χ0v) is 13.2. The number of fused-ring (bicyclic) bond motifs is 1. The lowest BCUT2D eigenvalue weighted by Gasteiger charge is -2.39. The van der Waals surface area contributed by atoms with Crippen LogP contribution in [0.15, 0.2) is 16.9 Å². The highest BCUT2D eigenvalue weighted by Crippen LogP contribution is 2.41. The van der Waals surface area contributed by atoms with Crippen molar-refractivity contribution >= 4 is 21.6 Å². The molecule has 0 saturated heterocycles. The van der Waals surface area contributed by atoms with Gasteiger partial charge in [0.1, 0.15) is 4.60 Å². The maximum Gasteiger partial charge on any atom is 0.109 e. The molecule has 1 N–H and O–H groups in total. The Kier molecular flexibility index (Phi) is 4.11. The fourth-order valence-corrected chi connectivity index (χ4v) is 4.09. The number of anilines is 1. The zero-order valence-electron chi connectivity index (χ0n) is 11.7. The minimum atomic E-state index is 0.654. The van der Waals surface area contributed by atoms with Crippen LogP contribution < -0.4 is 5.32 Å². The summed E-state index contributed by atoms with van der Waals surface area (Å²) in [6, 6.07) is 2.85. The first kappa shape index (κ1) is 13.4. The second-order valence-electron chi connectivity index (χ2n) is 6.29. The van der Waals surface area contributed by atoms with Gasteiger partial charge in [-0.05, 0) is 65.6 Å². The highest BCUT2D eigenvalue weighted by Gasteiger charge is 2.31. The highest BCUT2D eigenvalue weighted by atomic mass is 79.9. The number of rotatable bonds is 2. The van der Waals surface area contributed by atoms with Gasteiger partial charge in [-0.1, -0.05) is 25.7 Å². The number of hydrogen-bond donors (Lipinski definition) is 1. The van der Waals surface area contributed by atoms with Crippen LogP contribution in [0.4, 0.5) is 5.69 Å². The lowest BCUT2D eigenvalue weighted by atomic mass is 9.69. The first-order valence-electron chi connectivity index (χ1n) is 7.61. The smallest absolute Gasteiger partial charge is 0.109 e. The number of pyridine rings is 1. The molecule has 1 aromatic rings. The van der Waals surface area contributed by atoms with E-state index in [0.717, 1.165) is 16.4 Å². The third-order valence-electron chi connectivity index (χ3n) is 4.92. The van der Waals surface area contributed by atoms with Gasteiger partial charge in [-0.15, -0.1) is 0 Å². The van der Waals surface area contributed by atoms with E-state index in [2.05, 4.69) is 39.2 Å². The van der Waals surface area contributed by atoms with Crippen molar-refractivity contribution in [1.82, 2.24) is 4.98 Å². The van der Waals surface area contributed by atoms with Crippen LogP contribution in [0.2, 0.25) is 0 Å². The van der Waals surface area contributed by atoms with Crippen molar-refractivity contribution < 1.29 is 0 Å². The molecular formula is C16H23BrN2. The Morgan fingerprint density at radius 3 is 2.74 bits per heavy atom. The van der Waals surface area contributed by atoms with Gasteiger partial charge in [-0.25, -0.2) is 4.98 Å². The maximum absolute atomic E-state index is 4.38. The summed E-state index contributed by atoms with van der Waals surface area (Å²) in [4.78, 5) is 4.38. The van der Waals surface area contributed by atoms with Crippen molar-refractivity contribution in [3.8, 4) is 0 Å². The van der Waals surface area contributed by atoms with Crippen LogP contribution in [-0.2, 0) is 0 Å². The van der Waals surface area contributed by atoms with E-state index in [-0.39, 0.29) is 0 Å². The minimum absolute atomic E-state index is 0.654. The molecule has 2 aliphatic carbocycles. The lowest BCUT2D eigenvalue weighted by Crippen LogP contribution is -2.34. The third kappa shape index (κ3) is 3.13. The Bertz CT molecular complexity index is 446. The van der Waals surface area contributed by atoms with E-state index in [1.54, 1.807) is 0 Å². The number of aryl methyl sites for hydroxylation is 1. The highest BCUT2D eigenvalue weighted by molar-refractivity contribution is 9.10. The van der Waals surface area contributed by atoms with E-state index < -0.39 is 0 Å². The van der Waals surface area contributed by atoms with Crippen LogP contribution in [-0.4, -0.2) is 11.0 Å². The molecule has 0 bridgehead atoms. The summed E-state index contributed by atoms with van der Waals surface area (Å²) >= 11 is 3.46. The molecule has 1 aromatic heterocycles. The van der Waals surface area contributed by atoms with Crippen molar-refractivity contribution in [1.29, 1.82) is 0 Å². The molecule has 3 heteroatoms. The van der Waals surface area contributed by atoms with Gasteiger partial charge in [-0.2, -0.15) is 0 Å². The fraction of sp³-hybridized carbons (Fsp3) is 0.688. The summed E-state index contributed by atoms with van der Waals surface area (Å²) in [6.45, 7) is 2.10. The summed E-state index contributed by atoms with van der Waals surface area (Å²) in [5, 5.41) is 3.70. The fourth-order valence-electron chi connectivity index (χ4n) is 3.88. The molecule has 2 nitrogen and oxygen atoms in total. The normalized spacial score (nSPS) is 30.7. The Morgan fingerprint density at radius 1 is 1.16 bits per heavy atom. The van der Waals surface area contributed by atoms with E-state index in [9.17, 15) is 0 Å². The van der Waals surface area contributed by atoms with Crippen LogP contribution in [0.3, 0.4) is 0 Å². The van der Waals surface area contributed by atoms with Gasteiger partial charge in [0.25, 0.3) is 0 Å². The molecule has 19 heavy (non-hydrogen) atoms. The van der Waals surface area contributed by atoms with Crippen molar-refractivity contribution in [2.75, 3.05) is 5.32 Å². The van der Waals surface area contributed by atoms with Gasteiger partial charge in [0.15, 0.2) is 0 Å². The third-order valence-corrected chi connectivity index (χ3v) is 5.76. The van der Waals surface area contributed by atoms with E-state index >= 15 is 0 Å². The molecule has 0 aromatic carbocycles. The van der Waals surface area contributed by atoms with Crippen LogP contribution in [0.1, 0.15) is 50.5 Å². The summed E-state index contributed by atoms with van der Waals surface area (Å²) < 4.78 is 0.953. The minimum Gasteiger partial charge on any atom is -0.381 e. The van der Waals surface area contributed by atoms with Gasteiger partial charge >= 0.3 is 0 Å². The van der Waals surface area contributed by atoms with Crippen LogP contribution >= 0.6 is 15.9 Å². The van der Waals surface area contributed by atoms with E-state index in [1.807, 2.05) is 6.20 Å². The van der Waals surface area contributed by atoms with Gasteiger partial charge in [0, 0.05) is 6.04 Å². The second kappa shape index (κ2) is 5.82. The lowest BCUT2D eigenvalue weighted by molar-refractivity contribution is 0.162. The molecule has 2 aliphatic rings. The second-order valence-corrected chi connectivity index (χ2v) is 7.04. The van der Waals surface area contributed by atoms with Gasteiger partial charge in [0.2, 0.25) is 0 Å². The van der Waals surface area contributed by atoms with Crippen LogP contribution in [0.25, 0.3) is 0 Å². The van der Waals surface area contributed by atoms with Gasteiger partial charge < -0.3 is 5.32 Å². The maximum atomic E-state index is 4.38. The number of aromatic nitrogens is 1. The summed E-state index contributed by atoms with van der Waals surface area (Å²) in [6.07, 6.45) is 11.9. The summed E-state index contributed by atoms with van der Waals surface area (Å²) in [5.74, 6) is 2.00. The Hall–Kier alpha value is -0.570. The summed E-state index contributed by atoms with van der Waals surface area (Å²) in [7, 11) is 0. The van der Waals surface area contributed by atoms with Crippen molar-refractivity contribution in [3.05, 3.63) is 22.4 Å². The quantitative estimate of drug-likeness (QED) is 0.781. The molecule has 104 valence electrons. The van der Waals surface area contributed by atoms with E-state index in [0.29, 0.717) is 6.04 Å². The standard InChI is InChI=1S/C16H23BrN2/c1-11-8-15(10-18-16(11)17)19-14-7-6-12-4-2-3-5-13(12)9-14/h8,10,12-14,19H,2-7,9H2,1H3. The molecule has 0 amide bonds. The van der Waals surface area contributed by atoms with Gasteiger partial charge in [0.05, 0.1) is 11.9 Å². The monoisotopic (exact) mass is 322 g/mol. The molecule has 0 spiro atoms. The first-order chi connectivity index (χ1) is 9.22. The number of halogens is 1. The van der Waals surface area contributed by atoms with Gasteiger partial charge in [-0.3, -0.25) is 0 Å². The SMILES string of the molecule is Cc1cc(NC2CCC3CCCCC3C2)cnc1Br. The Labute approximate surface area is 124 Å². The molecule has 0 aliphatic heterocycles. The Morgan fingerprint density at radius 2 is 1.95 bits per heavy atom. The average molecular weight is 323 g/mol. The molecule has 3 rings (SSSR count).